The molecule has 0 spiro atoms. The number of carboxylic acid groups (broad SMARTS) is 1. The minimum atomic E-state index is -1.13. The van der Waals surface area contributed by atoms with Gasteiger partial charge in [-0.1, -0.05) is 34.4 Å². The molecule has 0 bridgehead atoms. The van der Waals surface area contributed by atoms with Gasteiger partial charge in [-0.25, -0.2) is 4.79 Å². The summed E-state index contributed by atoms with van der Waals surface area (Å²) in [6, 6.07) is 4.92. The number of nitrogens with zero attached hydrogens (tertiary/aromatic N) is 1. The molecule has 0 unspecified atom stereocenters. The number of carboxylic acids is 1. The first-order valence-electron chi connectivity index (χ1n) is 6.19. The molecule has 1 N–H and O–H groups in total. The van der Waals surface area contributed by atoms with E-state index in [1.54, 1.807) is 18.2 Å². The average molecular weight is 328 g/mol. The largest absolute Gasteiger partial charge is 0.477 e. The summed E-state index contributed by atoms with van der Waals surface area (Å²) in [5, 5.41) is 14.1. The van der Waals surface area contributed by atoms with Crippen molar-refractivity contribution in [2.45, 2.75) is 12.3 Å². The topological polar surface area (TPSA) is 72.6 Å². The van der Waals surface area contributed by atoms with E-state index in [1.165, 1.54) is 0 Å². The first-order valence-corrected chi connectivity index (χ1v) is 6.95. The Kier molecular flexibility index (Phi) is 3.43. The van der Waals surface area contributed by atoms with Crippen LogP contribution in [0.2, 0.25) is 10.0 Å². The molecule has 1 saturated heterocycles. The third kappa shape index (κ3) is 2.21. The molecule has 1 aliphatic heterocycles. The van der Waals surface area contributed by atoms with E-state index in [0.717, 1.165) is 0 Å². The summed E-state index contributed by atoms with van der Waals surface area (Å²) in [5.41, 5.74) is -0.0127. The Balaban J connectivity index is 2.23. The molecule has 1 aromatic carbocycles. The molecule has 0 aliphatic carbocycles. The van der Waals surface area contributed by atoms with Crippen LogP contribution in [-0.4, -0.2) is 29.4 Å². The fourth-order valence-corrected chi connectivity index (χ4v) is 2.91. The van der Waals surface area contributed by atoms with Crippen molar-refractivity contribution >= 4 is 29.2 Å². The van der Waals surface area contributed by atoms with Gasteiger partial charge in [-0.2, -0.15) is 0 Å². The van der Waals surface area contributed by atoms with Crippen molar-refractivity contribution < 1.29 is 19.2 Å². The maximum atomic E-state index is 11.7. The molecule has 0 atom stereocenters. The zero-order chi connectivity index (χ0) is 15.2. The SMILES string of the molecule is CC1(c2onc(-c3c(Cl)cccc3Cl)c2C(=O)O)COC1. The molecule has 3 rings (SSSR count). The van der Waals surface area contributed by atoms with Gasteiger partial charge in [0.15, 0.2) is 5.76 Å². The molecule has 5 nitrogen and oxygen atoms in total. The molecular weight excluding hydrogens is 317 g/mol. The molecule has 1 aliphatic rings. The van der Waals surface area contributed by atoms with Crippen molar-refractivity contribution in [3.05, 3.63) is 39.6 Å². The number of aromatic carboxylic acids is 1. The van der Waals surface area contributed by atoms with E-state index in [-0.39, 0.29) is 17.0 Å². The summed E-state index contributed by atoms with van der Waals surface area (Å²) in [5.74, 6) is -0.849. The third-order valence-corrected chi connectivity index (χ3v) is 4.12. The molecule has 2 heterocycles. The Bertz CT molecular complexity index is 702. The van der Waals surface area contributed by atoms with E-state index in [9.17, 15) is 9.90 Å². The van der Waals surface area contributed by atoms with Crippen LogP contribution >= 0.6 is 23.2 Å². The van der Waals surface area contributed by atoms with E-state index in [0.29, 0.717) is 28.8 Å². The van der Waals surface area contributed by atoms with Crippen molar-refractivity contribution in [2.75, 3.05) is 13.2 Å². The van der Waals surface area contributed by atoms with Crippen LogP contribution in [0.3, 0.4) is 0 Å². The normalized spacial score (nSPS) is 16.5. The third-order valence-electron chi connectivity index (χ3n) is 3.49. The van der Waals surface area contributed by atoms with Gasteiger partial charge < -0.3 is 14.4 Å². The van der Waals surface area contributed by atoms with Crippen molar-refractivity contribution in [2.24, 2.45) is 0 Å². The van der Waals surface area contributed by atoms with E-state index >= 15 is 0 Å². The van der Waals surface area contributed by atoms with Crippen LogP contribution in [0.15, 0.2) is 22.7 Å². The number of hydrogen-bond donors (Lipinski definition) is 1. The highest BCUT2D eigenvalue weighted by molar-refractivity contribution is 6.39. The van der Waals surface area contributed by atoms with Crippen LogP contribution in [0.25, 0.3) is 11.3 Å². The highest BCUT2D eigenvalue weighted by atomic mass is 35.5. The summed E-state index contributed by atoms with van der Waals surface area (Å²) >= 11 is 12.3. The first kappa shape index (κ1) is 14.4. The zero-order valence-corrected chi connectivity index (χ0v) is 12.5. The molecule has 0 radical (unpaired) electrons. The van der Waals surface area contributed by atoms with Gasteiger partial charge in [0.05, 0.1) is 28.7 Å². The van der Waals surface area contributed by atoms with Gasteiger partial charge in [0.2, 0.25) is 0 Å². The number of ether oxygens (including phenoxy) is 1. The molecule has 7 heteroatoms. The second kappa shape index (κ2) is 5.02. The van der Waals surface area contributed by atoms with Gasteiger partial charge in [-0.15, -0.1) is 0 Å². The lowest BCUT2D eigenvalue weighted by atomic mass is 9.83. The molecule has 1 aromatic heterocycles. The maximum Gasteiger partial charge on any atom is 0.341 e. The lowest BCUT2D eigenvalue weighted by molar-refractivity contribution is -0.0623. The molecule has 21 heavy (non-hydrogen) atoms. The first-order chi connectivity index (χ1) is 9.94. The number of halogens is 2. The van der Waals surface area contributed by atoms with Crippen LogP contribution in [0.1, 0.15) is 23.0 Å². The minimum absolute atomic E-state index is 0.0178. The van der Waals surface area contributed by atoms with Gasteiger partial charge in [0, 0.05) is 5.56 Å². The van der Waals surface area contributed by atoms with E-state index in [2.05, 4.69) is 5.16 Å². The quantitative estimate of drug-likeness (QED) is 0.931. The number of hydrogen-bond acceptors (Lipinski definition) is 4. The predicted molar refractivity (Wildman–Crippen MR) is 77.1 cm³/mol. The highest BCUT2D eigenvalue weighted by Crippen LogP contribution is 2.41. The average Bonchev–Trinajstić information content (AvgIpc) is 2.80. The number of rotatable bonds is 3. The van der Waals surface area contributed by atoms with Crippen molar-refractivity contribution in [3.8, 4) is 11.3 Å². The van der Waals surface area contributed by atoms with Gasteiger partial charge in [0.1, 0.15) is 11.3 Å². The van der Waals surface area contributed by atoms with E-state index in [1.807, 2.05) is 6.92 Å². The summed E-state index contributed by atoms with van der Waals surface area (Å²) < 4.78 is 10.5. The van der Waals surface area contributed by atoms with Crippen LogP contribution in [0, 0.1) is 0 Å². The second-order valence-corrected chi connectivity index (χ2v) is 6.00. The minimum Gasteiger partial charge on any atom is -0.477 e. The second-order valence-electron chi connectivity index (χ2n) is 5.19. The van der Waals surface area contributed by atoms with Crippen molar-refractivity contribution in [3.63, 3.8) is 0 Å². The highest BCUT2D eigenvalue weighted by Gasteiger charge is 2.44. The number of benzene rings is 1. The van der Waals surface area contributed by atoms with Crippen LogP contribution in [0.4, 0.5) is 0 Å². The summed E-state index contributed by atoms with van der Waals surface area (Å²) in [7, 11) is 0. The molecule has 110 valence electrons. The Morgan fingerprint density at radius 2 is 1.95 bits per heavy atom. The van der Waals surface area contributed by atoms with Crippen molar-refractivity contribution in [1.82, 2.24) is 5.16 Å². The lowest BCUT2D eigenvalue weighted by Gasteiger charge is -2.35. The predicted octanol–water partition coefficient (Wildman–Crippen LogP) is 3.63. The molecular formula is C14H11Cl2NO4. The van der Waals surface area contributed by atoms with Gasteiger partial charge in [0.25, 0.3) is 0 Å². The van der Waals surface area contributed by atoms with E-state index < -0.39 is 11.4 Å². The van der Waals surface area contributed by atoms with Gasteiger partial charge >= 0.3 is 5.97 Å². The number of carbonyl (C=O) groups is 1. The van der Waals surface area contributed by atoms with Crippen LogP contribution in [0.5, 0.6) is 0 Å². The van der Waals surface area contributed by atoms with Crippen LogP contribution < -0.4 is 0 Å². The number of aromatic nitrogens is 1. The lowest BCUT2D eigenvalue weighted by Crippen LogP contribution is -2.44. The van der Waals surface area contributed by atoms with Gasteiger partial charge in [-0.3, -0.25) is 0 Å². The fraction of sp³-hybridized carbons (Fsp3) is 0.286. The standard InChI is InChI=1S/C14H11Cl2NO4/c1-14(5-20-6-14)12-10(13(18)19)11(17-21-12)9-7(15)3-2-4-8(9)16/h2-4H,5-6H2,1H3,(H,18,19). The maximum absolute atomic E-state index is 11.7. The Hall–Kier alpha value is -1.56. The Labute approximate surface area is 130 Å². The molecule has 2 aromatic rings. The zero-order valence-electron chi connectivity index (χ0n) is 11.0. The summed E-state index contributed by atoms with van der Waals surface area (Å²) in [6.45, 7) is 2.64. The Morgan fingerprint density at radius 3 is 2.43 bits per heavy atom. The Morgan fingerprint density at radius 1 is 1.33 bits per heavy atom. The monoisotopic (exact) mass is 327 g/mol. The fourth-order valence-electron chi connectivity index (χ4n) is 2.33. The van der Waals surface area contributed by atoms with E-state index in [4.69, 9.17) is 32.5 Å². The molecule has 0 amide bonds. The molecule has 0 saturated carbocycles. The van der Waals surface area contributed by atoms with Crippen LogP contribution in [-0.2, 0) is 10.2 Å². The smallest absolute Gasteiger partial charge is 0.341 e. The van der Waals surface area contributed by atoms with Gasteiger partial charge in [-0.05, 0) is 19.1 Å². The molecule has 1 fully saturated rings. The van der Waals surface area contributed by atoms with Crippen molar-refractivity contribution in [1.29, 1.82) is 0 Å². The summed E-state index contributed by atoms with van der Waals surface area (Å²) in [6.07, 6.45) is 0. The summed E-state index contributed by atoms with van der Waals surface area (Å²) in [4.78, 5) is 11.7.